The Morgan fingerprint density at radius 3 is 2.83 bits per heavy atom. The Hall–Kier alpha value is -2.02. The van der Waals surface area contributed by atoms with Crippen molar-refractivity contribution in [2.45, 2.75) is 29.5 Å². The first kappa shape index (κ1) is 15.9. The van der Waals surface area contributed by atoms with Gasteiger partial charge in [0.15, 0.2) is 4.87 Å². The quantitative estimate of drug-likeness (QED) is 0.908. The van der Waals surface area contributed by atoms with Crippen molar-refractivity contribution in [1.29, 1.82) is 0 Å². The lowest BCUT2D eigenvalue weighted by molar-refractivity contribution is -0.143. The summed E-state index contributed by atoms with van der Waals surface area (Å²) in [4.78, 5) is 39.4. The van der Waals surface area contributed by atoms with Crippen LogP contribution in [-0.4, -0.2) is 46.3 Å². The second-order valence-electron chi connectivity index (χ2n) is 6.01. The number of aliphatic carboxylic acids is 1. The highest BCUT2D eigenvalue weighted by atomic mass is 32.2. The van der Waals surface area contributed by atoms with Crippen LogP contribution >= 0.6 is 11.8 Å². The van der Waals surface area contributed by atoms with Gasteiger partial charge >= 0.3 is 5.97 Å². The second kappa shape index (κ2) is 5.56. The van der Waals surface area contributed by atoms with Crippen molar-refractivity contribution in [1.82, 2.24) is 4.90 Å². The first-order valence-electron chi connectivity index (χ1n) is 7.46. The van der Waals surface area contributed by atoms with Gasteiger partial charge in [-0.3, -0.25) is 19.3 Å². The molecule has 6 nitrogen and oxygen atoms in total. The van der Waals surface area contributed by atoms with Crippen molar-refractivity contribution in [2.75, 3.05) is 18.5 Å². The number of likely N-dealkylation sites (N-methyl/N-ethyl adjacent to an activating group) is 1. The Morgan fingerprint density at radius 2 is 2.13 bits per heavy atom. The number of carboxylic acids is 1. The number of para-hydroxylation sites is 1. The van der Waals surface area contributed by atoms with Crippen LogP contribution in [0.1, 0.15) is 19.8 Å². The SMILES string of the molecule is CC(CN(C)C(=O)C12CCC(=O)N1c1ccccc1S2)C(=O)O. The predicted molar refractivity (Wildman–Crippen MR) is 86.2 cm³/mol. The molecule has 2 aliphatic rings. The van der Waals surface area contributed by atoms with Crippen LogP contribution in [0.25, 0.3) is 0 Å². The maximum atomic E-state index is 13.0. The number of amides is 2. The smallest absolute Gasteiger partial charge is 0.308 e. The summed E-state index contributed by atoms with van der Waals surface area (Å²) in [5.41, 5.74) is 0.771. The van der Waals surface area contributed by atoms with E-state index in [2.05, 4.69) is 0 Å². The third kappa shape index (κ3) is 2.39. The first-order valence-corrected chi connectivity index (χ1v) is 8.28. The average molecular weight is 334 g/mol. The number of fused-ring (bicyclic) bond motifs is 3. The van der Waals surface area contributed by atoms with Gasteiger partial charge < -0.3 is 10.0 Å². The summed E-state index contributed by atoms with van der Waals surface area (Å²) in [7, 11) is 1.60. The molecule has 2 unspecified atom stereocenters. The highest BCUT2D eigenvalue weighted by Gasteiger charge is 2.58. The standard InChI is InChI=1S/C16H18N2O4S/c1-10(14(20)21)9-17(2)15(22)16-8-7-13(19)18(16)11-5-3-4-6-12(11)23-16/h3-6,10H,7-9H2,1-2H3,(H,20,21). The molecular weight excluding hydrogens is 316 g/mol. The third-order valence-electron chi connectivity index (χ3n) is 4.32. The molecule has 1 aromatic carbocycles. The zero-order chi connectivity index (χ0) is 16.8. The largest absolute Gasteiger partial charge is 0.481 e. The van der Waals surface area contributed by atoms with E-state index in [4.69, 9.17) is 5.11 Å². The molecule has 2 heterocycles. The maximum absolute atomic E-state index is 13.0. The van der Waals surface area contributed by atoms with Crippen LogP contribution in [0.5, 0.6) is 0 Å². The fourth-order valence-electron chi connectivity index (χ4n) is 3.15. The summed E-state index contributed by atoms with van der Waals surface area (Å²) >= 11 is 1.40. The van der Waals surface area contributed by atoms with Crippen molar-refractivity contribution in [3.05, 3.63) is 24.3 Å². The van der Waals surface area contributed by atoms with Gasteiger partial charge in [-0.15, -0.1) is 0 Å². The monoisotopic (exact) mass is 334 g/mol. The molecule has 2 amide bonds. The fourth-order valence-corrected chi connectivity index (χ4v) is 4.67. The summed E-state index contributed by atoms with van der Waals surface area (Å²) in [6.07, 6.45) is 0.769. The maximum Gasteiger partial charge on any atom is 0.308 e. The molecule has 122 valence electrons. The average Bonchev–Trinajstić information content (AvgIpc) is 3.02. The number of hydrogen-bond donors (Lipinski definition) is 1. The van der Waals surface area contributed by atoms with Gasteiger partial charge in [0.05, 0.1) is 11.6 Å². The van der Waals surface area contributed by atoms with Crippen LogP contribution in [0.3, 0.4) is 0 Å². The van der Waals surface area contributed by atoms with E-state index < -0.39 is 16.8 Å². The second-order valence-corrected chi connectivity index (χ2v) is 7.33. The highest BCUT2D eigenvalue weighted by molar-refractivity contribution is 8.02. The van der Waals surface area contributed by atoms with Crippen LogP contribution in [0.2, 0.25) is 0 Å². The molecule has 0 aromatic heterocycles. The molecule has 1 N–H and O–H groups in total. The molecule has 1 aromatic rings. The summed E-state index contributed by atoms with van der Waals surface area (Å²) in [5.74, 6) is -1.86. The Bertz CT molecular complexity index is 692. The lowest BCUT2D eigenvalue weighted by atomic mass is 10.1. The van der Waals surface area contributed by atoms with Gasteiger partial charge in [0.2, 0.25) is 5.91 Å². The number of carbonyl (C=O) groups excluding carboxylic acids is 2. The Morgan fingerprint density at radius 1 is 1.43 bits per heavy atom. The molecule has 1 fully saturated rings. The number of thioether (sulfide) groups is 1. The molecular formula is C16H18N2O4S. The zero-order valence-electron chi connectivity index (χ0n) is 13.0. The molecule has 0 aliphatic carbocycles. The van der Waals surface area contributed by atoms with Gasteiger partial charge in [-0.1, -0.05) is 30.8 Å². The minimum absolute atomic E-state index is 0.0597. The minimum atomic E-state index is -0.965. The van der Waals surface area contributed by atoms with Crippen LogP contribution < -0.4 is 4.90 Å². The van der Waals surface area contributed by atoms with Crippen molar-refractivity contribution >= 4 is 35.2 Å². The molecule has 3 rings (SSSR count). The lowest BCUT2D eigenvalue weighted by Crippen LogP contribution is -2.53. The highest BCUT2D eigenvalue weighted by Crippen LogP contribution is 2.56. The lowest BCUT2D eigenvalue weighted by Gasteiger charge is -2.34. The van der Waals surface area contributed by atoms with E-state index in [-0.39, 0.29) is 18.4 Å². The number of hydrogen-bond acceptors (Lipinski definition) is 4. The number of benzene rings is 1. The summed E-state index contributed by atoms with van der Waals surface area (Å²) in [6.45, 7) is 1.69. The van der Waals surface area contributed by atoms with E-state index in [1.54, 1.807) is 18.9 Å². The zero-order valence-corrected chi connectivity index (χ0v) is 13.8. The van der Waals surface area contributed by atoms with E-state index >= 15 is 0 Å². The number of carbonyl (C=O) groups is 3. The summed E-state index contributed by atoms with van der Waals surface area (Å²) < 4.78 is 0. The molecule has 1 saturated heterocycles. The normalized spacial score (nSPS) is 23.4. The van der Waals surface area contributed by atoms with Crippen molar-refractivity contribution in [3.63, 3.8) is 0 Å². The predicted octanol–water partition coefficient (Wildman–Crippen LogP) is 1.79. The Kier molecular flexibility index (Phi) is 3.83. The number of rotatable bonds is 4. The molecule has 23 heavy (non-hydrogen) atoms. The third-order valence-corrected chi connectivity index (χ3v) is 5.79. The van der Waals surface area contributed by atoms with E-state index in [9.17, 15) is 14.4 Å². The van der Waals surface area contributed by atoms with E-state index in [0.717, 1.165) is 10.6 Å². The van der Waals surface area contributed by atoms with E-state index in [0.29, 0.717) is 12.8 Å². The number of nitrogens with zero attached hydrogens (tertiary/aromatic N) is 2. The van der Waals surface area contributed by atoms with E-state index in [1.165, 1.54) is 16.7 Å². The topological polar surface area (TPSA) is 77.9 Å². The molecule has 2 aliphatic heterocycles. The van der Waals surface area contributed by atoms with Gasteiger partial charge in [-0.2, -0.15) is 0 Å². The fraction of sp³-hybridized carbons (Fsp3) is 0.438. The minimum Gasteiger partial charge on any atom is -0.481 e. The van der Waals surface area contributed by atoms with E-state index in [1.807, 2.05) is 24.3 Å². The van der Waals surface area contributed by atoms with Gasteiger partial charge in [0, 0.05) is 24.9 Å². The van der Waals surface area contributed by atoms with Gasteiger partial charge in [0.1, 0.15) is 0 Å². The van der Waals surface area contributed by atoms with Crippen molar-refractivity contribution < 1.29 is 19.5 Å². The van der Waals surface area contributed by atoms with Gasteiger partial charge in [0.25, 0.3) is 5.91 Å². The molecule has 2 atom stereocenters. The summed E-state index contributed by atoms with van der Waals surface area (Å²) in [5, 5.41) is 9.04. The van der Waals surface area contributed by atoms with Crippen LogP contribution in [0.15, 0.2) is 29.2 Å². The molecule has 0 radical (unpaired) electrons. The number of anilines is 1. The van der Waals surface area contributed by atoms with Crippen LogP contribution in [0.4, 0.5) is 5.69 Å². The van der Waals surface area contributed by atoms with Crippen molar-refractivity contribution in [2.24, 2.45) is 5.92 Å². The van der Waals surface area contributed by atoms with Crippen LogP contribution in [0, 0.1) is 5.92 Å². The molecule has 0 saturated carbocycles. The van der Waals surface area contributed by atoms with Gasteiger partial charge in [-0.25, -0.2) is 0 Å². The molecule has 0 spiro atoms. The Balaban J connectivity index is 1.91. The van der Waals surface area contributed by atoms with Crippen molar-refractivity contribution in [3.8, 4) is 0 Å². The first-order chi connectivity index (χ1) is 10.9. The number of carboxylic acid groups (broad SMARTS) is 1. The van der Waals surface area contributed by atoms with Crippen LogP contribution in [-0.2, 0) is 14.4 Å². The summed E-state index contributed by atoms with van der Waals surface area (Å²) in [6, 6.07) is 7.48. The Labute approximate surface area is 138 Å². The molecule has 7 heteroatoms. The van der Waals surface area contributed by atoms with Gasteiger partial charge in [-0.05, 0) is 18.6 Å². The molecule has 0 bridgehead atoms.